The molecule has 0 bridgehead atoms. The molecule has 1 rings (SSSR count). The molecule has 3 atom stereocenters. The second-order valence-corrected chi connectivity index (χ2v) is 7.68. The fraction of sp³-hybridized carbons (Fsp3) is 0.765. The molecule has 0 aromatic carbocycles. The van der Waals surface area contributed by atoms with Gasteiger partial charge < -0.3 is 10.6 Å². The van der Waals surface area contributed by atoms with Crippen molar-refractivity contribution in [2.24, 2.45) is 11.3 Å². The fourth-order valence-electron chi connectivity index (χ4n) is 3.76. The summed E-state index contributed by atoms with van der Waals surface area (Å²) < 4.78 is 0. The van der Waals surface area contributed by atoms with Gasteiger partial charge in [-0.15, -0.1) is 0 Å². The molecule has 2 amide bonds. The summed E-state index contributed by atoms with van der Waals surface area (Å²) in [5.74, 6) is -0.954. The maximum atomic E-state index is 12.1. The van der Waals surface area contributed by atoms with Crippen molar-refractivity contribution in [3.63, 3.8) is 0 Å². The molecule has 2 N–H and O–H groups in total. The van der Waals surface area contributed by atoms with Gasteiger partial charge in [0.1, 0.15) is 11.6 Å². The standard InChI is InChI=1S/C17H28N2O4/c1-10-9-16(4,5)15(18-13(22)7-11(2)20)17(10,6)19-14(23)8-12(3)21/h10,15H,7-9H2,1-6H3,(H,18,22)(H,19,23). The van der Waals surface area contributed by atoms with Crippen LogP contribution >= 0.6 is 0 Å². The fourth-order valence-corrected chi connectivity index (χ4v) is 3.76. The molecule has 130 valence electrons. The largest absolute Gasteiger partial charge is 0.350 e. The first-order valence-corrected chi connectivity index (χ1v) is 7.97. The Bertz CT molecular complexity index is 527. The lowest BCUT2D eigenvalue weighted by molar-refractivity contribution is -0.132. The zero-order chi connectivity index (χ0) is 18.0. The van der Waals surface area contributed by atoms with Crippen LogP contribution < -0.4 is 10.6 Å². The molecule has 0 spiro atoms. The van der Waals surface area contributed by atoms with Crippen LogP contribution in [0.15, 0.2) is 0 Å². The monoisotopic (exact) mass is 324 g/mol. The second-order valence-electron chi connectivity index (χ2n) is 7.68. The minimum atomic E-state index is -0.664. The molecule has 0 saturated heterocycles. The highest BCUT2D eigenvalue weighted by Crippen LogP contribution is 2.47. The van der Waals surface area contributed by atoms with Gasteiger partial charge in [0.25, 0.3) is 0 Å². The number of Topliss-reactive ketones (excluding diaryl/α,β-unsaturated/α-hetero) is 2. The van der Waals surface area contributed by atoms with Crippen LogP contribution in [-0.4, -0.2) is 35.0 Å². The third-order valence-electron chi connectivity index (χ3n) is 4.77. The molecule has 1 aliphatic rings. The maximum Gasteiger partial charge on any atom is 0.227 e. The molecule has 1 saturated carbocycles. The third-order valence-corrected chi connectivity index (χ3v) is 4.77. The number of carbonyl (C=O) groups is 4. The van der Waals surface area contributed by atoms with E-state index in [0.29, 0.717) is 0 Å². The maximum absolute atomic E-state index is 12.1. The lowest BCUT2D eigenvalue weighted by Crippen LogP contribution is -2.63. The second kappa shape index (κ2) is 6.81. The summed E-state index contributed by atoms with van der Waals surface area (Å²) in [6.45, 7) is 10.7. The van der Waals surface area contributed by atoms with Crippen LogP contribution in [0, 0.1) is 11.3 Å². The highest BCUT2D eigenvalue weighted by Gasteiger charge is 2.55. The van der Waals surface area contributed by atoms with E-state index in [2.05, 4.69) is 10.6 Å². The molecule has 0 aromatic heterocycles. The Morgan fingerprint density at radius 2 is 1.43 bits per heavy atom. The molecule has 0 radical (unpaired) electrons. The summed E-state index contributed by atoms with van der Waals surface area (Å²) in [4.78, 5) is 46.4. The average Bonchev–Trinajstić information content (AvgIpc) is 2.47. The first kappa shape index (κ1) is 19.3. The van der Waals surface area contributed by atoms with Crippen molar-refractivity contribution in [1.82, 2.24) is 10.6 Å². The van der Waals surface area contributed by atoms with Crippen LogP contribution in [0.1, 0.15) is 60.8 Å². The van der Waals surface area contributed by atoms with Crippen molar-refractivity contribution < 1.29 is 19.2 Å². The summed E-state index contributed by atoms with van der Waals surface area (Å²) in [5, 5.41) is 5.86. The molecule has 6 nitrogen and oxygen atoms in total. The van der Waals surface area contributed by atoms with Gasteiger partial charge in [-0.25, -0.2) is 0 Å². The zero-order valence-corrected chi connectivity index (χ0v) is 14.9. The molecule has 0 aliphatic heterocycles. The van der Waals surface area contributed by atoms with Crippen molar-refractivity contribution in [1.29, 1.82) is 0 Å². The van der Waals surface area contributed by atoms with Gasteiger partial charge in [0, 0.05) is 0 Å². The Labute approximate surface area is 137 Å². The van der Waals surface area contributed by atoms with Crippen LogP contribution in [-0.2, 0) is 19.2 Å². The van der Waals surface area contributed by atoms with E-state index in [1.807, 2.05) is 27.7 Å². The lowest BCUT2D eigenvalue weighted by Gasteiger charge is -2.40. The highest BCUT2D eigenvalue weighted by molar-refractivity contribution is 5.98. The number of nitrogens with one attached hydrogen (secondary N) is 2. The van der Waals surface area contributed by atoms with Gasteiger partial charge in [-0.2, -0.15) is 0 Å². The summed E-state index contributed by atoms with van der Waals surface area (Å²) in [6.07, 6.45) is 0.476. The van der Waals surface area contributed by atoms with Crippen LogP contribution in [0.2, 0.25) is 0 Å². The van der Waals surface area contributed by atoms with Crippen molar-refractivity contribution in [3.05, 3.63) is 0 Å². The number of carbonyl (C=O) groups excluding carboxylic acids is 4. The molecule has 23 heavy (non-hydrogen) atoms. The smallest absolute Gasteiger partial charge is 0.227 e. The predicted octanol–water partition coefficient (Wildman–Crippen LogP) is 1.37. The minimum Gasteiger partial charge on any atom is -0.350 e. The van der Waals surface area contributed by atoms with Gasteiger partial charge >= 0.3 is 0 Å². The Morgan fingerprint density at radius 1 is 0.957 bits per heavy atom. The molecule has 0 heterocycles. The van der Waals surface area contributed by atoms with Crippen molar-refractivity contribution in [3.8, 4) is 0 Å². The van der Waals surface area contributed by atoms with E-state index in [-0.39, 0.29) is 53.6 Å². The van der Waals surface area contributed by atoms with Crippen molar-refractivity contribution in [2.45, 2.75) is 72.4 Å². The average molecular weight is 324 g/mol. The van der Waals surface area contributed by atoms with E-state index >= 15 is 0 Å². The number of amides is 2. The van der Waals surface area contributed by atoms with Gasteiger partial charge in [0.15, 0.2) is 0 Å². The molecule has 1 aliphatic carbocycles. The third kappa shape index (κ3) is 4.62. The van der Waals surface area contributed by atoms with E-state index in [9.17, 15) is 19.2 Å². The van der Waals surface area contributed by atoms with Crippen molar-refractivity contribution in [2.75, 3.05) is 0 Å². The van der Waals surface area contributed by atoms with Gasteiger partial charge in [-0.3, -0.25) is 19.2 Å². The quantitative estimate of drug-likeness (QED) is 0.722. The summed E-state index contributed by atoms with van der Waals surface area (Å²) >= 11 is 0. The van der Waals surface area contributed by atoms with E-state index in [1.165, 1.54) is 13.8 Å². The molecular weight excluding hydrogens is 296 g/mol. The Hall–Kier alpha value is -1.72. The summed E-state index contributed by atoms with van der Waals surface area (Å²) in [5.41, 5.74) is -0.896. The van der Waals surface area contributed by atoms with E-state index in [4.69, 9.17) is 0 Å². The summed E-state index contributed by atoms with van der Waals surface area (Å²) in [6, 6.07) is -0.312. The van der Waals surface area contributed by atoms with Crippen LogP contribution in [0.3, 0.4) is 0 Å². The van der Waals surface area contributed by atoms with E-state index in [0.717, 1.165) is 6.42 Å². The first-order chi connectivity index (χ1) is 10.4. The molecule has 0 aromatic rings. The SMILES string of the molecule is CC(=O)CC(=O)NC1C(C)(C)CC(C)C1(C)NC(=O)CC(C)=O. The van der Waals surface area contributed by atoms with Crippen LogP contribution in [0.25, 0.3) is 0 Å². The zero-order valence-electron chi connectivity index (χ0n) is 14.9. The molecule has 6 heteroatoms. The number of hydrogen-bond acceptors (Lipinski definition) is 4. The van der Waals surface area contributed by atoms with Gasteiger partial charge in [-0.1, -0.05) is 20.8 Å². The van der Waals surface area contributed by atoms with Crippen LogP contribution in [0.4, 0.5) is 0 Å². The normalized spacial score (nSPS) is 29.0. The topological polar surface area (TPSA) is 92.3 Å². The summed E-state index contributed by atoms with van der Waals surface area (Å²) in [7, 11) is 0. The van der Waals surface area contributed by atoms with E-state index in [1.54, 1.807) is 0 Å². The molecular formula is C17H28N2O4. The van der Waals surface area contributed by atoms with Gasteiger partial charge in [0.2, 0.25) is 11.8 Å². The lowest BCUT2D eigenvalue weighted by atomic mass is 9.81. The number of rotatable bonds is 6. The minimum absolute atomic E-state index is 0.121. The molecule has 1 fully saturated rings. The highest BCUT2D eigenvalue weighted by atomic mass is 16.2. The van der Waals surface area contributed by atoms with Crippen LogP contribution in [0.5, 0.6) is 0 Å². The van der Waals surface area contributed by atoms with Gasteiger partial charge in [0.05, 0.1) is 24.4 Å². The predicted molar refractivity (Wildman–Crippen MR) is 86.6 cm³/mol. The van der Waals surface area contributed by atoms with Crippen molar-refractivity contribution >= 4 is 23.4 Å². The Balaban J connectivity index is 3.00. The van der Waals surface area contributed by atoms with E-state index < -0.39 is 5.54 Å². The number of ketones is 2. The Kier molecular flexibility index (Phi) is 5.72. The number of hydrogen-bond donors (Lipinski definition) is 2. The Morgan fingerprint density at radius 3 is 1.91 bits per heavy atom. The first-order valence-electron chi connectivity index (χ1n) is 7.97. The van der Waals surface area contributed by atoms with Gasteiger partial charge in [-0.05, 0) is 38.5 Å². The molecule has 3 unspecified atom stereocenters.